The lowest BCUT2D eigenvalue weighted by Crippen LogP contribution is -2.11. The minimum absolute atomic E-state index is 0.0303. The van der Waals surface area contributed by atoms with Gasteiger partial charge in [0, 0.05) is 0 Å². The van der Waals surface area contributed by atoms with E-state index in [0.717, 1.165) is 0 Å². The summed E-state index contributed by atoms with van der Waals surface area (Å²) in [5.74, 6) is -1.28. The first-order valence-electron chi connectivity index (χ1n) is 3.42. The van der Waals surface area contributed by atoms with E-state index in [2.05, 4.69) is 20.2 Å². The molecular weight excluding hydrogens is 221 g/mol. The summed E-state index contributed by atoms with van der Waals surface area (Å²) in [6.07, 6.45) is -3.35. The highest BCUT2D eigenvalue weighted by atomic mass is 35.5. The number of hydrogen-bond acceptors (Lipinski definition) is 3. The first-order chi connectivity index (χ1) is 6.48. The molecule has 0 aromatic carbocycles. The molecule has 0 bridgehead atoms. The van der Waals surface area contributed by atoms with E-state index in [1.54, 1.807) is 0 Å². The molecule has 8 heteroatoms. The highest BCUT2D eigenvalue weighted by Crippen LogP contribution is 2.29. The van der Waals surface area contributed by atoms with E-state index < -0.39 is 12.0 Å². The predicted octanol–water partition coefficient (Wildman–Crippen LogP) is 2.03. The normalized spacial score (nSPS) is 12.3. The monoisotopic (exact) mass is 222 g/mol. The average molecular weight is 223 g/mol. The highest BCUT2D eigenvalue weighted by Gasteiger charge is 2.35. The zero-order chi connectivity index (χ0) is 10.3. The van der Waals surface area contributed by atoms with E-state index in [1.165, 1.54) is 6.20 Å². The largest absolute Gasteiger partial charge is 0.451 e. The molecule has 2 rings (SSSR count). The van der Waals surface area contributed by atoms with Crippen LogP contribution in [0.3, 0.4) is 0 Å². The Bertz CT molecular complexity index is 477. The SMILES string of the molecule is FC(F)(F)c1nc(Cl)c2cn[nH]c2n1. The van der Waals surface area contributed by atoms with Gasteiger partial charge in [0.05, 0.1) is 11.6 Å². The standard InChI is InChI=1S/C6H2ClF3N4/c7-3-2-1-11-14-4(2)13-5(12-3)6(8,9)10/h1H,(H,11,12,13,14). The van der Waals surface area contributed by atoms with Gasteiger partial charge in [-0.25, -0.2) is 9.97 Å². The van der Waals surface area contributed by atoms with Crippen LogP contribution in [0.2, 0.25) is 5.15 Å². The van der Waals surface area contributed by atoms with Crippen molar-refractivity contribution in [3.8, 4) is 0 Å². The number of fused-ring (bicyclic) bond motifs is 1. The number of aromatic amines is 1. The second kappa shape index (κ2) is 2.81. The minimum Gasteiger partial charge on any atom is -0.261 e. The van der Waals surface area contributed by atoms with Crippen LogP contribution in [0.5, 0.6) is 0 Å². The Morgan fingerprint density at radius 2 is 2.00 bits per heavy atom. The molecular formula is C6H2ClF3N4. The van der Waals surface area contributed by atoms with Crippen molar-refractivity contribution < 1.29 is 13.2 Å². The Labute approximate surface area is 80.1 Å². The summed E-state index contributed by atoms with van der Waals surface area (Å²) in [5.41, 5.74) is -0.0303. The molecule has 0 unspecified atom stereocenters. The maximum absolute atomic E-state index is 12.2. The maximum atomic E-state index is 12.2. The van der Waals surface area contributed by atoms with Gasteiger partial charge < -0.3 is 0 Å². The number of hydrogen-bond donors (Lipinski definition) is 1. The molecule has 14 heavy (non-hydrogen) atoms. The Hall–Kier alpha value is -1.37. The van der Waals surface area contributed by atoms with Crippen LogP contribution in [-0.4, -0.2) is 20.2 Å². The van der Waals surface area contributed by atoms with E-state index in [9.17, 15) is 13.2 Å². The Morgan fingerprint density at radius 3 is 2.64 bits per heavy atom. The van der Waals surface area contributed by atoms with Gasteiger partial charge in [-0.15, -0.1) is 0 Å². The molecule has 0 aliphatic rings. The Balaban J connectivity index is 2.70. The summed E-state index contributed by atoms with van der Waals surface area (Å²) >= 11 is 5.50. The molecule has 0 amide bonds. The molecule has 4 nitrogen and oxygen atoms in total. The highest BCUT2D eigenvalue weighted by molar-refractivity contribution is 6.33. The molecule has 0 saturated carbocycles. The molecule has 0 radical (unpaired) electrons. The van der Waals surface area contributed by atoms with E-state index >= 15 is 0 Å². The Morgan fingerprint density at radius 1 is 1.29 bits per heavy atom. The van der Waals surface area contributed by atoms with Crippen molar-refractivity contribution in [2.24, 2.45) is 0 Å². The third-order valence-corrected chi connectivity index (χ3v) is 1.80. The van der Waals surface area contributed by atoms with Crippen molar-refractivity contribution in [3.05, 3.63) is 17.2 Å². The fourth-order valence-corrected chi connectivity index (χ4v) is 1.14. The van der Waals surface area contributed by atoms with Gasteiger partial charge >= 0.3 is 6.18 Å². The maximum Gasteiger partial charge on any atom is 0.451 e. The van der Waals surface area contributed by atoms with Crippen LogP contribution in [0.25, 0.3) is 11.0 Å². The van der Waals surface area contributed by atoms with E-state index in [0.29, 0.717) is 0 Å². The summed E-state index contributed by atoms with van der Waals surface area (Å²) in [4.78, 5) is 6.34. The topological polar surface area (TPSA) is 54.5 Å². The molecule has 2 heterocycles. The lowest BCUT2D eigenvalue weighted by Gasteiger charge is -2.04. The van der Waals surface area contributed by atoms with Crippen LogP contribution >= 0.6 is 11.6 Å². The molecule has 0 atom stereocenters. The summed E-state index contributed by atoms with van der Waals surface area (Å²) in [5, 5.41) is 5.79. The molecule has 2 aromatic rings. The van der Waals surface area contributed by atoms with Crippen molar-refractivity contribution >= 4 is 22.6 Å². The van der Waals surface area contributed by atoms with Crippen molar-refractivity contribution in [2.75, 3.05) is 0 Å². The van der Waals surface area contributed by atoms with Crippen molar-refractivity contribution in [1.82, 2.24) is 20.2 Å². The Kier molecular flexibility index (Phi) is 1.84. The fraction of sp³-hybridized carbons (Fsp3) is 0.167. The smallest absolute Gasteiger partial charge is 0.261 e. The molecule has 0 aliphatic carbocycles. The van der Waals surface area contributed by atoms with E-state index in [4.69, 9.17) is 11.6 Å². The summed E-state index contributed by atoms with van der Waals surface area (Å²) in [6.45, 7) is 0. The predicted molar refractivity (Wildman–Crippen MR) is 41.7 cm³/mol. The quantitative estimate of drug-likeness (QED) is 0.694. The van der Waals surface area contributed by atoms with E-state index in [-0.39, 0.29) is 16.2 Å². The summed E-state index contributed by atoms with van der Waals surface area (Å²) in [6, 6.07) is 0. The number of H-pyrrole nitrogens is 1. The zero-order valence-electron chi connectivity index (χ0n) is 6.43. The van der Waals surface area contributed by atoms with Gasteiger partial charge in [0.1, 0.15) is 5.15 Å². The van der Waals surface area contributed by atoms with Crippen molar-refractivity contribution in [3.63, 3.8) is 0 Å². The lowest BCUT2D eigenvalue weighted by molar-refractivity contribution is -0.144. The molecule has 74 valence electrons. The van der Waals surface area contributed by atoms with Crippen LogP contribution in [0, 0.1) is 0 Å². The third-order valence-electron chi connectivity index (χ3n) is 1.52. The molecule has 0 aliphatic heterocycles. The number of nitrogens with one attached hydrogen (secondary N) is 1. The van der Waals surface area contributed by atoms with Crippen LogP contribution in [0.1, 0.15) is 5.82 Å². The first-order valence-corrected chi connectivity index (χ1v) is 3.80. The molecule has 0 saturated heterocycles. The van der Waals surface area contributed by atoms with Gasteiger partial charge in [0.15, 0.2) is 5.65 Å². The minimum atomic E-state index is -4.61. The average Bonchev–Trinajstić information content (AvgIpc) is 2.50. The van der Waals surface area contributed by atoms with Crippen LogP contribution in [0.4, 0.5) is 13.2 Å². The summed E-state index contributed by atoms with van der Waals surface area (Å²) < 4.78 is 36.6. The lowest BCUT2D eigenvalue weighted by atomic mass is 10.4. The van der Waals surface area contributed by atoms with Gasteiger partial charge in [0.25, 0.3) is 0 Å². The van der Waals surface area contributed by atoms with Gasteiger partial charge in [0.2, 0.25) is 5.82 Å². The van der Waals surface area contributed by atoms with Crippen molar-refractivity contribution in [1.29, 1.82) is 0 Å². The third kappa shape index (κ3) is 1.39. The second-order valence-corrected chi connectivity index (χ2v) is 2.83. The number of halogens is 4. The number of alkyl halides is 3. The van der Waals surface area contributed by atoms with Gasteiger partial charge in [-0.2, -0.15) is 18.3 Å². The van der Waals surface area contributed by atoms with Crippen molar-refractivity contribution in [2.45, 2.75) is 6.18 Å². The van der Waals surface area contributed by atoms with Crippen LogP contribution < -0.4 is 0 Å². The first kappa shape index (κ1) is 9.20. The molecule has 2 aromatic heterocycles. The number of aromatic nitrogens is 4. The second-order valence-electron chi connectivity index (χ2n) is 2.47. The summed E-state index contributed by atoms with van der Waals surface area (Å²) in [7, 11) is 0. The van der Waals surface area contributed by atoms with E-state index in [1.807, 2.05) is 0 Å². The fourth-order valence-electron chi connectivity index (χ4n) is 0.926. The van der Waals surface area contributed by atoms with Crippen LogP contribution in [-0.2, 0) is 6.18 Å². The zero-order valence-corrected chi connectivity index (χ0v) is 7.19. The number of nitrogens with zero attached hydrogens (tertiary/aromatic N) is 3. The molecule has 0 spiro atoms. The van der Waals surface area contributed by atoms with Gasteiger partial charge in [-0.05, 0) is 0 Å². The molecule has 1 N–H and O–H groups in total. The molecule has 0 fully saturated rings. The van der Waals surface area contributed by atoms with Gasteiger partial charge in [-0.3, -0.25) is 5.10 Å². The number of rotatable bonds is 0. The van der Waals surface area contributed by atoms with Crippen LogP contribution in [0.15, 0.2) is 6.20 Å². The van der Waals surface area contributed by atoms with Gasteiger partial charge in [-0.1, -0.05) is 11.6 Å².